The van der Waals surface area contributed by atoms with Gasteiger partial charge in [0, 0.05) is 0 Å². The smallest absolute Gasteiger partial charge is 0.0318 e. The van der Waals surface area contributed by atoms with Crippen molar-refractivity contribution in [2.45, 2.75) is 66.7 Å². The quantitative estimate of drug-likeness (QED) is 0.510. The van der Waals surface area contributed by atoms with Crippen LogP contribution in [0.15, 0.2) is 11.6 Å². The Morgan fingerprint density at radius 3 is 2.31 bits per heavy atom. The molecule has 0 bridgehead atoms. The summed E-state index contributed by atoms with van der Waals surface area (Å²) in [5, 5.41) is 0. The van der Waals surface area contributed by atoms with E-state index in [0.717, 1.165) is 0 Å². The predicted molar refractivity (Wildman–Crippen MR) is 62.0 cm³/mol. The van der Waals surface area contributed by atoms with Gasteiger partial charge in [-0.05, 0) is 38.5 Å². The maximum atomic E-state index is 2.39. The van der Waals surface area contributed by atoms with Gasteiger partial charge in [0.05, 0.1) is 0 Å². The highest BCUT2D eigenvalue weighted by Gasteiger charge is 2.16. The van der Waals surface area contributed by atoms with Gasteiger partial charge in [0.25, 0.3) is 0 Å². The highest BCUT2D eigenvalue weighted by Crippen LogP contribution is 2.30. The zero-order valence-corrected chi connectivity index (χ0v) is 10.1. The van der Waals surface area contributed by atoms with Crippen LogP contribution in [0, 0.1) is 5.41 Å². The molecule has 0 atom stereocenters. The van der Waals surface area contributed by atoms with Gasteiger partial charge in [-0.15, -0.1) is 0 Å². The molecule has 0 amide bonds. The summed E-state index contributed by atoms with van der Waals surface area (Å²) in [6.45, 7) is 11.4. The first-order chi connectivity index (χ1) is 6.02. The minimum absolute atomic E-state index is 0.542. The minimum Gasteiger partial charge on any atom is -0.0887 e. The molecule has 0 heteroatoms. The molecule has 0 saturated carbocycles. The van der Waals surface area contributed by atoms with E-state index in [-0.39, 0.29) is 0 Å². The van der Waals surface area contributed by atoms with Crippen LogP contribution in [0.25, 0.3) is 0 Å². The van der Waals surface area contributed by atoms with Gasteiger partial charge in [0.1, 0.15) is 0 Å². The van der Waals surface area contributed by atoms with Crippen LogP contribution in [0.5, 0.6) is 0 Å². The highest BCUT2D eigenvalue weighted by atomic mass is 14.2. The molecule has 0 radical (unpaired) electrons. The predicted octanol–water partition coefficient (Wildman–Crippen LogP) is 4.95. The zero-order valence-electron chi connectivity index (χ0n) is 10.1. The summed E-state index contributed by atoms with van der Waals surface area (Å²) in [5.41, 5.74) is 2.07. The van der Waals surface area contributed by atoms with Gasteiger partial charge >= 0.3 is 0 Å². The van der Waals surface area contributed by atoms with E-state index in [2.05, 4.69) is 40.7 Å². The largest absolute Gasteiger partial charge is 0.0887 e. The zero-order chi connectivity index (χ0) is 10.3. The average molecular weight is 182 g/mol. The number of allylic oxidation sites excluding steroid dienone is 2. The van der Waals surface area contributed by atoms with E-state index in [1.165, 1.54) is 37.7 Å². The lowest BCUT2D eigenvalue weighted by Gasteiger charge is -2.24. The summed E-state index contributed by atoms with van der Waals surface area (Å²) in [7, 11) is 0. The second kappa shape index (κ2) is 6.23. The lowest BCUT2D eigenvalue weighted by atomic mass is 9.82. The van der Waals surface area contributed by atoms with E-state index in [0.29, 0.717) is 5.41 Å². The standard InChI is InChI=1S/C13H26/c1-6-8-10-13(4,5)11-9-12(3)7-2/h7H,6,8-11H2,1-5H3. The number of hydrogen-bond donors (Lipinski definition) is 0. The van der Waals surface area contributed by atoms with Gasteiger partial charge in [-0.1, -0.05) is 45.3 Å². The van der Waals surface area contributed by atoms with Crippen LogP contribution in [0.1, 0.15) is 66.7 Å². The third-order valence-electron chi connectivity index (χ3n) is 2.90. The fraction of sp³-hybridized carbons (Fsp3) is 0.846. The molecule has 0 aliphatic rings. The Labute approximate surface area is 84.4 Å². The number of rotatable bonds is 6. The third-order valence-corrected chi connectivity index (χ3v) is 2.90. The van der Waals surface area contributed by atoms with Crippen LogP contribution < -0.4 is 0 Å². The molecule has 0 aromatic heterocycles. The molecule has 13 heavy (non-hydrogen) atoms. The van der Waals surface area contributed by atoms with Gasteiger partial charge < -0.3 is 0 Å². The topological polar surface area (TPSA) is 0 Å². The first-order valence-corrected chi connectivity index (χ1v) is 5.63. The average Bonchev–Trinajstić information content (AvgIpc) is 2.11. The number of hydrogen-bond acceptors (Lipinski definition) is 0. The Bertz CT molecular complexity index is 151. The molecule has 0 spiro atoms. The molecule has 0 aliphatic heterocycles. The summed E-state index contributed by atoms with van der Waals surface area (Å²) >= 11 is 0. The van der Waals surface area contributed by atoms with Crippen LogP contribution in [0.2, 0.25) is 0 Å². The van der Waals surface area contributed by atoms with Crippen molar-refractivity contribution in [2.75, 3.05) is 0 Å². The Morgan fingerprint density at radius 1 is 1.23 bits per heavy atom. The van der Waals surface area contributed by atoms with Crippen LogP contribution in [0.3, 0.4) is 0 Å². The first kappa shape index (κ1) is 12.7. The van der Waals surface area contributed by atoms with Crippen molar-refractivity contribution < 1.29 is 0 Å². The van der Waals surface area contributed by atoms with Gasteiger partial charge in [0.2, 0.25) is 0 Å². The third kappa shape index (κ3) is 6.86. The maximum Gasteiger partial charge on any atom is -0.0318 e. The second-order valence-corrected chi connectivity index (χ2v) is 4.90. The van der Waals surface area contributed by atoms with Crippen molar-refractivity contribution >= 4 is 0 Å². The van der Waals surface area contributed by atoms with Crippen LogP contribution in [-0.4, -0.2) is 0 Å². The lowest BCUT2D eigenvalue weighted by molar-refractivity contribution is 0.298. The van der Waals surface area contributed by atoms with Gasteiger partial charge in [-0.25, -0.2) is 0 Å². The minimum atomic E-state index is 0.542. The van der Waals surface area contributed by atoms with Crippen LogP contribution in [0.4, 0.5) is 0 Å². The second-order valence-electron chi connectivity index (χ2n) is 4.90. The van der Waals surface area contributed by atoms with Crippen molar-refractivity contribution in [1.82, 2.24) is 0 Å². The summed E-state index contributed by atoms with van der Waals surface area (Å²) in [5.74, 6) is 0. The van der Waals surface area contributed by atoms with Crippen LogP contribution in [-0.2, 0) is 0 Å². The molecule has 0 nitrogen and oxygen atoms in total. The lowest BCUT2D eigenvalue weighted by Crippen LogP contribution is -2.10. The normalized spacial score (nSPS) is 13.5. The highest BCUT2D eigenvalue weighted by molar-refractivity contribution is 4.96. The summed E-state index contributed by atoms with van der Waals surface area (Å²) < 4.78 is 0. The van der Waals surface area contributed by atoms with E-state index in [9.17, 15) is 0 Å². The van der Waals surface area contributed by atoms with Crippen molar-refractivity contribution in [2.24, 2.45) is 5.41 Å². The Balaban J connectivity index is 3.74. The Hall–Kier alpha value is -0.260. The molecule has 0 N–H and O–H groups in total. The van der Waals surface area contributed by atoms with Gasteiger partial charge in [-0.3, -0.25) is 0 Å². The summed E-state index contributed by atoms with van der Waals surface area (Å²) in [6, 6.07) is 0. The first-order valence-electron chi connectivity index (χ1n) is 5.63. The Morgan fingerprint density at radius 2 is 1.85 bits per heavy atom. The summed E-state index contributed by atoms with van der Waals surface area (Å²) in [4.78, 5) is 0. The van der Waals surface area contributed by atoms with E-state index >= 15 is 0 Å². The molecule has 0 aromatic carbocycles. The van der Waals surface area contributed by atoms with Crippen molar-refractivity contribution in [1.29, 1.82) is 0 Å². The van der Waals surface area contributed by atoms with Gasteiger partial charge in [-0.2, -0.15) is 0 Å². The Kier molecular flexibility index (Phi) is 6.11. The SMILES string of the molecule is CC=C(C)CCC(C)(C)CCCC. The molecule has 0 rings (SSSR count). The molecule has 78 valence electrons. The molecular formula is C13H26. The fourth-order valence-corrected chi connectivity index (χ4v) is 1.46. The van der Waals surface area contributed by atoms with E-state index < -0.39 is 0 Å². The van der Waals surface area contributed by atoms with Crippen molar-refractivity contribution in [3.63, 3.8) is 0 Å². The fourth-order valence-electron chi connectivity index (χ4n) is 1.46. The van der Waals surface area contributed by atoms with Crippen molar-refractivity contribution in [3.8, 4) is 0 Å². The molecule has 0 unspecified atom stereocenters. The molecule has 0 saturated heterocycles. The monoisotopic (exact) mass is 182 g/mol. The molecule has 0 aliphatic carbocycles. The molecular weight excluding hydrogens is 156 g/mol. The molecule has 0 heterocycles. The van der Waals surface area contributed by atoms with E-state index in [4.69, 9.17) is 0 Å². The van der Waals surface area contributed by atoms with E-state index in [1.807, 2.05) is 0 Å². The van der Waals surface area contributed by atoms with E-state index in [1.54, 1.807) is 0 Å². The van der Waals surface area contributed by atoms with Gasteiger partial charge in [0.15, 0.2) is 0 Å². The van der Waals surface area contributed by atoms with Crippen LogP contribution >= 0.6 is 0 Å². The van der Waals surface area contributed by atoms with Crippen molar-refractivity contribution in [3.05, 3.63) is 11.6 Å². The number of unbranched alkanes of at least 4 members (excludes halogenated alkanes) is 1. The summed E-state index contributed by atoms with van der Waals surface area (Å²) in [6.07, 6.45) is 8.92. The molecule has 0 fully saturated rings. The maximum absolute atomic E-state index is 2.39. The molecule has 0 aromatic rings.